The van der Waals surface area contributed by atoms with Crippen LogP contribution in [0.4, 0.5) is 4.39 Å². The van der Waals surface area contributed by atoms with E-state index >= 15 is 0 Å². The lowest BCUT2D eigenvalue weighted by atomic mass is 10.1. The highest BCUT2D eigenvalue weighted by Gasteiger charge is 2.15. The van der Waals surface area contributed by atoms with Crippen molar-refractivity contribution in [2.24, 2.45) is 0 Å². The number of hydrogen-bond donors (Lipinski definition) is 0. The second-order valence-corrected chi connectivity index (χ2v) is 4.91. The van der Waals surface area contributed by atoms with Crippen molar-refractivity contribution in [1.82, 2.24) is 4.98 Å². The number of aromatic nitrogens is 1. The smallest absolute Gasteiger partial charge is 0.340 e. The summed E-state index contributed by atoms with van der Waals surface area (Å²) in [6.07, 6.45) is 1.39. The van der Waals surface area contributed by atoms with Crippen LogP contribution in [0.25, 0.3) is 10.9 Å². The number of carbonyl (C=O) groups is 1. The molecule has 1 aromatic heterocycles. The van der Waals surface area contributed by atoms with Gasteiger partial charge in [0, 0.05) is 20.5 Å². The van der Waals surface area contributed by atoms with Crippen molar-refractivity contribution in [2.75, 3.05) is 7.11 Å². The number of nitrogens with zero attached hydrogens (tertiary/aromatic N) is 1. The van der Waals surface area contributed by atoms with E-state index in [0.717, 1.165) is 0 Å². The lowest BCUT2D eigenvalue weighted by Gasteiger charge is -2.07. The van der Waals surface area contributed by atoms with Gasteiger partial charge in [-0.1, -0.05) is 0 Å². The van der Waals surface area contributed by atoms with Crippen molar-refractivity contribution in [1.29, 1.82) is 0 Å². The molecule has 0 N–H and O–H groups in total. The Morgan fingerprint density at radius 3 is 2.76 bits per heavy atom. The summed E-state index contributed by atoms with van der Waals surface area (Å²) in [7, 11) is 1.28. The number of rotatable bonds is 1. The molecule has 0 radical (unpaired) electrons. The predicted octanol–water partition coefficient (Wildman–Crippen LogP) is 3.69. The van der Waals surface area contributed by atoms with Gasteiger partial charge in [-0.05, 0) is 44.0 Å². The normalized spacial score (nSPS) is 10.6. The Kier molecular flexibility index (Phi) is 3.44. The number of methoxy groups -OCH3 is 1. The second-order valence-electron chi connectivity index (χ2n) is 3.26. The quantitative estimate of drug-likeness (QED) is 0.726. The molecular formula is C11H6Br2FNO2. The van der Waals surface area contributed by atoms with E-state index in [1.807, 2.05) is 0 Å². The molecule has 3 nitrogen and oxygen atoms in total. The number of fused-ring (bicyclic) bond motifs is 1. The van der Waals surface area contributed by atoms with Gasteiger partial charge in [0.05, 0.1) is 18.2 Å². The highest BCUT2D eigenvalue weighted by Crippen LogP contribution is 2.31. The molecule has 2 aromatic rings. The van der Waals surface area contributed by atoms with E-state index in [2.05, 4.69) is 41.6 Å². The van der Waals surface area contributed by atoms with E-state index in [1.165, 1.54) is 25.4 Å². The van der Waals surface area contributed by atoms with E-state index in [4.69, 9.17) is 0 Å². The van der Waals surface area contributed by atoms with Crippen LogP contribution in [0.2, 0.25) is 0 Å². The molecule has 6 heteroatoms. The number of ether oxygens (including phenoxy) is 1. The third kappa shape index (κ3) is 2.19. The fourth-order valence-corrected chi connectivity index (χ4v) is 2.55. The van der Waals surface area contributed by atoms with E-state index in [1.54, 1.807) is 0 Å². The third-order valence-corrected chi connectivity index (χ3v) is 3.69. The van der Waals surface area contributed by atoms with Gasteiger partial charge in [0.1, 0.15) is 5.82 Å². The van der Waals surface area contributed by atoms with Gasteiger partial charge < -0.3 is 4.74 Å². The Morgan fingerprint density at radius 2 is 2.12 bits per heavy atom. The molecule has 0 atom stereocenters. The molecule has 0 bridgehead atoms. The van der Waals surface area contributed by atoms with Crippen molar-refractivity contribution in [3.05, 3.63) is 38.7 Å². The SMILES string of the molecule is COC(=O)c1cnc2c(Br)cc(F)cc2c1Br. The molecule has 0 saturated heterocycles. The van der Waals surface area contributed by atoms with Gasteiger partial charge in [-0.3, -0.25) is 4.98 Å². The predicted molar refractivity (Wildman–Crippen MR) is 68.4 cm³/mol. The van der Waals surface area contributed by atoms with Crippen LogP contribution >= 0.6 is 31.9 Å². The van der Waals surface area contributed by atoms with Gasteiger partial charge in [0.25, 0.3) is 0 Å². The molecule has 0 spiro atoms. The van der Waals surface area contributed by atoms with Gasteiger partial charge in [-0.2, -0.15) is 0 Å². The van der Waals surface area contributed by atoms with E-state index < -0.39 is 11.8 Å². The van der Waals surface area contributed by atoms with Gasteiger partial charge in [0.15, 0.2) is 0 Å². The molecule has 0 amide bonds. The van der Waals surface area contributed by atoms with E-state index in [9.17, 15) is 9.18 Å². The number of esters is 1. The summed E-state index contributed by atoms with van der Waals surface area (Å²) in [6.45, 7) is 0. The molecule has 1 heterocycles. The molecule has 0 unspecified atom stereocenters. The first-order chi connectivity index (χ1) is 8.04. The lowest BCUT2D eigenvalue weighted by molar-refractivity contribution is 0.0599. The summed E-state index contributed by atoms with van der Waals surface area (Å²) in [5.41, 5.74) is 0.837. The fraction of sp³-hybridized carbons (Fsp3) is 0.0909. The first-order valence-corrected chi connectivity index (χ1v) is 6.14. The second kappa shape index (κ2) is 4.70. The zero-order valence-electron chi connectivity index (χ0n) is 8.63. The molecule has 1 aromatic carbocycles. The maximum Gasteiger partial charge on any atom is 0.340 e. The molecule has 0 aliphatic carbocycles. The maximum absolute atomic E-state index is 13.3. The van der Waals surface area contributed by atoms with Crippen molar-refractivity contribution in [2.45, 2.75) is 0 Å². The van der Waals surface area contributed by atoms with Crippen LogP contribution in [-0.2, 0) is 4.74 Å². The van der Waals surface area contributed by atoms with Crippen LogP contribution in [0.3, 0.4) is 0 Å². The first kappa shape index (κ1) is 12.4. The Bertz CT molecular complexity index is 616. The maximum atomic E-state index is 13.3. The molecule has 0 saturated carbocycles. The number of benzene rings is 1. The Balaban J connectivity index is 2.79. The summed E-state index contributed by atoms with van der Waals surface area (Å²) < 4.78 is 18.9. The minimum absolute atomic E-state index is 0.262. The first-order valence-electron chi connectivity index (χ1n) is 4.56. The van der Waals surface area contributed by atoms with Gasteiger partial charge in [0.2, 0.25) is 0 Å². The number of hydrogen-bond acceptors (Lipinski definition) is 3. The molecule has 0 fully saturated rings. The van der Waals surface area contributed by atoms with E-state index in [-0.39, 0.29) is 5.56 Å². The van der Waals surface area contributed by atoms with Crippen LogP contribution in [-0.4, -0.2) is 18.1 Å². The standard InChI is InChI=1S/C11H6Br2FNO2/c1-17-11(16)7-4-15-10-6(9(7)13)2-5(14)3-8(10)12/h2-4H,1H3. The Labute approximate surface area is 113 Å². The third-order valence-electron chi connectivity index (χ3n) is 2.23. The zero-order chi connectivity index (χ0) is 12.6. The van der Waals surface area contributed by atoms with Gasteiger partial charge >= 0.3 is 5.97 Å². The Morgan fingerprint density at radius 1 is 1.41 bits per heavy atom. The molecular weight excluding hydrogens is 357 g/mol. The number of pyridine rings is 1. The summed E-state index contributed by atoms with van der Waals surface area (Å²) in [5, 5.41) is 0.514. The fourth-order valence-electron chi connectivity index (χ4n) is 1.45. The number of carbonyl (C=O) groups excluding carboxylic acids is 1. The van der Waals surface area contributed by atoms with E-state index in [0.29, 0.717) is 19.8 Å². The summed E-state index contributed by atoms with van der Waals surface area (Å²) in [5.74, 6) is -0.930. The molecule has 0 aliphatic heterocycles. The number of halogens is 3. The molecule has 2 rings (SSSR count). The van der Waals surface area contributed by atoms with Crippen LogP contribution in [0, 0.1) is 5.82 Å². The van der Waals surface area contributed by atoms with Crippen molar-refractivity contribution < 1.29 is 13.9 Å². The van der Waals surface area contributed by atoms with Crippen LogP contribution in [0.1, 0.15) is 10.4 Å². The van der Waals surface area contributed by atoms with Crippen molar-refractivity contribution >= 4 is 48.7 Å². The minimum atomic E-state index is -0.522. The lowest BCUT2D eigenvalue weighted by Crippen LogP contribution is -2.03. The Hall–Kier alpha value is -1.01. The van der Waals surface area contributed by atoms with Crippen molar-refractivity contribution in [3.8, 4) is 0 Å². The van der Waals surface area contributed by atoms with Crippen LogP contribution in [0.5, 0.6) is 0 Å². The highest BCUT2D eigenvalue weighted by atomic mass is 79.9. The minimum Gasteiger partial charge on any atom is -0.465 e. The monoisotopic (exact) mass is 361 g/mol. The molecule has 17 heavy (non-hydrogen) atoms. The summed E-state index contributed by atoms with van der Waals surface area (Å²) in [4.78, 5) is 15.6. The van der Waals surface area contributed by atoms with Gasteiger partial charge in [-0.25, -0.2) is 9.18 Å². The zero-order valence-corrected chi connectivity index (χ0v) is 11.8. The topological polar surface area (TPSA) is 39.2 Å². The molecule has 88 valence electrons. The largest absolute Gasteiger partial charge is 0.465 e. The van der Waals surface area contributed by atoms with Crippen LogP contribution in [0.15, 0.2) is 27.3 Å². The van der Waals surface area contributed by atoms with Crippen molar-refractivity contribution in [3.63, 3.8) is 0 Å². The van der Waals surface area contributed by atoms with Gasteiger partial charge in [-0.15, -0.1) is 0 Å². The molecule has 0 aliphatic rings. The summed E-state index contributed by atoms with van der Waals surface area (Å²) in [6, 6.07) is 2.63. The summed E-state index contributed by atoms with van der Waals surface area (Å²) >= 11 is 6.48. The average Bonchev–Trinajstić information content (AvgIpc) is 2.29. The van der Waals surface area contributed by atoms with Crippen LogP contribution < -0.4 is 0 Å². The average molecular weight is 363 g/mol. The highest BCUT2D eigenvalue weighted by molar-refractivity contribution is 9.11.